The number of hydrogen-bond acceptors (Lipinski definition) is 2. The van der Waals surface area contributed by atoms with Crippen LogP contribution in [0.25, 0.3) is 0 Å². The lowest BCUT2D eigenvalue weighted by atomic mass is 10.2. The Kier molecular flexibility index (Phi) is 5.26. The second kappa shape index (κ2) is 6.48. The predicted molar refractivity (Wildman–Crippen MR) is 75.0 cm³/mol. The molecule has 0 saturated heterocycles. The minimum atomic E-state index is 0. The molecule has 0 aliphatic heterocycles. The van der Waals surface area contributed by atoms with Gasteiger partial charge in [0.2, 0.25) is 0 Å². The Morgan fingerprint density at radius 1 is 1.12 bits per heavy atom. The first kappa shape index (κ1) is 13.8. The van der Waals surface area contributed by atoms with Gasteiger partial charge in [0.25, 0.3) is 0 Å². The molecule has 4 heteroatoms. The summed E-state index contributed by atoms with van der Waals surface area (Å²) in [6.07, 6.45) is 3.58. The average Bonchev–Trinajstić information content (AvgIpc) is 2.33. The van der Waals surface area contributed by atoms with Crippen LogP contribution in [0.1, 0.15) is 5.56 Å². The summed E-state index contributed by atoms with van der Waals surface area (Å²) in [6.45, 7) is 0.795. The Morgan fingerprint density at radius 2 is 1.76 bits per heavy atom. The van der Waals surface area contributed by atoms with Gasteiger partial charge in [-0.3, -0.25) is 4.98 Å². The highest BCUT2D eigenvalue weighted by atomic mass is 35.5. The van der Waals surface area contributed by atoms with Crippen molar-refractivity contribution in [3.05, 3.63) is 59.4 Å². The Bertz CT molecular complexity index is 460. The van der Waals surface area contributed by atoms with Crippen molar-refractivity contribution in [2.75, 3.05) is 11.9 Å². The highest BCUT2D eigenvalue weighted by Crippen LogP contribution is 2.19. The van der Waals surface area contributed by atoms with Gasteiger partial charge in [-0.2, -0.15) is 0 Å². The van der Waals surface area contributed by atoms with Crippen LogP contribution in [0.3, 0.4) is 0 Å². The third-order valence-corrected chi connectivity index (χ3v) is 2.84. The second-order valence-electron chi connectivity index (χ2n) is 3.65. The molecular formula is C13H14Cl2N2. The fourth-order valence-corrected chi connectivity index (χ4v) is 1.77. The Balaban J connectivity index is 0.00000144. The number of rotatable bonds is 3. The van der Waals surface area contributed by atoms with Crippen LogP contribution >= 0.6 is 24.0 Å². The third-order valence-electron chi connectivity index (χ3n) is 2.47. The first-order chi connectivity index (χ1) is 7.77. The number of benzene rings is 1. The van der Waals surface area contributed by atoms with Gasteiger partial charge in [0.1, 0.15) is 0 Å². The summed E-state index contributed by atoms with van der Waals surface area (Å²) in [5, 5.41) is 0.809. The molecule has 0 fully saturated rings. The lowest BCUT2D eigenvalue weighted by Gasteiger charge is -2.19. The van der Waals surface area contributed by atoms with E-state index in [1.165, 1.54) is 0 Å². The zero-order chi connectivity index (χ0) is 11.4. The van der Waals surface area contributed by atoms with E-state index < -0.39 is 0 Å². The molecule has 0 saturated carbocycles. The van der Waals surface area contributed by atoms with E-state index in [-0.39, 0.29) is 12.4 Å². The number of anilines is 1. The van der Waals surface area contributed by atoms with Gasteiger partial charge in [0, 0.05) is 36.7 Å². The zero-order valence-corrected chi connectivity index (χ0v) is 11.1. The number of halogens is 2. The van der Waals surface area contributed by atoms with Crippen LogP contribution in [0.4, 0.5) is 5.69 Å². The standard InChI is InChI=1S/C13H13ClN2.ClH/c1-16(12-6-8-15-9-7-12)10-11-4-2-3-5-13(11)14;/h2-9H,10H2,1H3;1H. The topological polar surface area (TPSA) is 16.1 Å². The summed E-state index contributed by atoms with van der Waals surface area (Å²) in [5.74, 6) is 0. The number of hydrogen-bond donors (Lipinski definition) is 0. The lowest BCUT2D eigenvalue weighted by Crippen LogP contribution is -2.16. The van der Waals surface area contributed by atoms with Crippen LogP contribution < -0.4 is 4.90 Å². The van der Waals surface area contributed by atoms with E-state index in [1.807, 2.05) is 43.4 Å². The molecular weight excluding hydrogens is 255 g/mol. The first-order valence-electron chi connectivity index (χ1n) is 5.12. The molecule has 0 atom stereocenters. The fourth-order valence-electron chi connectivity index (χ4n) is 1.57. The van der Waals surface area contributed by atoms with Crippen molar-refractivity contribution in [3.63, 3.8) is 0 Å². The van der Waals surface area contributed by atoms with Crippen molar-refractivity contribution in [1.82, 2.24) is 4.98 Å². The molecule has 1 heterocycles. The van der Waals surface area contributed by atoms with Gasteiger partial charge in [0.05, 0.1) is 0 Å². The summed E-state index contributed by atoms with van der Waals surface area (Å²) < 4.78 is 0. The molecule has 17 heavy (non-hydrogen) atoms. The van der Waals surface area contributed by atoms with Crippen LogP contribution in [-0.4, -0.2) is 12.0 Å². The fraction of sp³-hybridized carbons (Fsp3) is 0.154. The van der Waals surface area contributed by atoms with E-state index in [0.29, 0.717) is 0 Å². The molecule has 2 nitrogen and oxygen atoms in total. The second-order valence-corrected chi connectivity index (χ2v) is 4.06. The largest absolute Gasteiger partial charge is 0.370 e. The molecule has 0 aliphatic carbocycles. The smallest absolute Gasteiger partial charge is 0.0455 e. The highest BCUT2D eigenvalue weighted by Gasteiger charge is 2.04. The number of nitrogens with zero attached hydrogens (tertiary/aromatic N) is 2. The van der Waals surface area contributed by atoms with Gasteiger partial charge in [-0.25, -0.2) is 0 Å². The molecule has 2 aromatic rings. The molecule has 0 N–H and O–H groups in total. The lowest BCUT2D eigenvalue weighted by molar-refractivity contribution is 0.921. The van der Waals surface area contributed by atoms with Crippen molar-refractivity contribution in [1.29, 1.82) is 0 Å². The molecule has 0 unspecified atom stereocenters. The van der Waals surface area contributed by atoms with E-state index in [1.54, 1.807) is 12.4 Å². The summed E-state index contributed by atoms with van der Waals surface area (Å²) >= 11 is 6.12. The molecule has 90 valence electrons. The maximum absolute atomic E-state index is 6.12. The molecule has 0 amide bonds. The maximum atomic E-state index is 6.12. The van der Waals surface area contributed by atoms with E-state index in [4.69, 9.17) is 11.6 Å². The van der Waals surface area contributed by atoms with Crippen molar-refractivity contribution in [2.24, 2.45) is 0 Å². The average molecular weight is 269 g/mol. The van der Waals surface area contributed by atoms with Gasteiger partial charge >= 0.3 is 0 Å². The summed E-state index contributed by atoms with van der Waals surface area (Å²) in [7, 11) is 2.04. The highest BCUT2D eigenvalue weighted by molar-refractivity contribution is 6.31. The normalized spacial score (nSPS) is 9.53. The molecule has 1 aromatic carbocycles. The summed E-state index contributed by atoms with van der Waals surface area (Å²) in [6, 6.07) is 11.9. The zero-order valence-electron chi connectivity index (χ0n) is 9.51. The summed E-state index contributed by atoms with van der Waals surface area (Å²) in [5.41, 5.74) is 2.26. The van der Waals surface area contributed by atoms with Crippen LogP contribution in [0.2, 0.25) is 5.02 Å². The minimum absolute atomic E-state index is 0. The van der Waals surface area contributed by atoms with Gasteiger partial charge in [-0.05, 0) is 23.8 Å². The van der Waals surface area contributed by atoms with Gasteiger partial charge in [-0.1, -0.05) is 29.8 Å². The van der Waals surface area contributed by atoms with Crippen molar-refractivity contribution >= 4 is 29.7 Å². The maximum Gasteiger partial charge on any atom is 0.0455 e. The monoisotopic (exact) mass is 268 g/mol. The van der Waals surface area contributed by atoms with Crippen molar-refractivity contribution in [3.8, 4) is 0 Å². The molecule has 0 radical (unpaired) electrons. The summed E-state index contributed by atoms with van der Waals surface area (Å²) in [4.78, 5) is 6.14. The molecule has 0 spiro atoms. The van der Waals surface area contributed by atoms with Crippen LogP contribution in [0.5, 0.6) is 0 Å². The molecule has 0 bridgehead atoms. The van der Waals surface area contributed by atoms with E-state index in [2.05, 4.69) is 9.88 Å². The molecule has 2 rings (SSSR count). The number of aromatic nitrogens is 1. The van der Waals surface area contributed by atoms with E-state index in [0.717, 1.165) is 22.8 Å². The van der Waals surface area contributed by atoms with Gasteiger partial charge < -0.3 is 4.90 Å². The van der Waals surface area contributed by atoms with E-state index >= 15 is 0 Å². The van der Waals surface area contributed by atoms with Crippen LogP contribution in [0.15, 0.2) is 48.8 Å². The molecule has 1 aromatic heterocycles. The van der Waals surface area contributed by atoms with Crippen LogP contribution in [-0.2, 0) is 6.54 Å². The van der Waals surface area contributed by atoms with Crippen molar-refractivity contribution in [2.45, 2.75) is 6.54 Å². The Labute approximate surface area is 113 Å². The van der Waals surface area contributed by atoms with Crippen LogP contribution in [0, 0.1) is 0 Å². The van der Waals surface area contributed by atoms with Crippen molar-refractivity contribution < 1.29 is 0 Å². The SMILES string of the molecule is CN(Cc1ccccc1Cl)c1ccncc1.Cl. The third kappa shape index (κ3) is 3.62. The van der Waals surface area contributed by atoms with Gasteiger partial charge in [-0.15, -0.1) is 12.4 Å². The van der Waals surface area contributed by atoms with E-state index in [9.17, 15) is 0 Å². The van der Waals surface area contributed by atoms with Gasteiger partial charge in [0.15, 0.2) is 0 Å². The minimum Gasteiger partial charge on any atom is -0.370 e. The predicted octanol–water partition coefficient (Wildman–Crippen LogP) is 3.79. The Hall–Kier alpha value is -1.25. The molecule has 0 aliphatic rings. The Morgan fingerprint density at radius 3 is 2.41 bits per heavy atom. The number of pyridine rings is 1. The first-order valence-corrected chi connectivity index (χ1v) is 5.50. The quantitative estimate of drug-likeness (QED) is 0.842.